The van der Waals surface area contributed by atoms with Crippen molar-refractivity contribution in [1.82, 2.24) is 0 Å². The molecule has 0 spiro atoms. The van der Waals surface area contributed by atoms with Gasteiger partial charge in [-0.1, -0.05) is 20.8 Å². The van der Waals surface area contributed by atoms with Gasteiger partial charge in [0.2, 0.25) is 0 Å². The van der Waals surface area contributed by atoms with E-state index in [2.05, 4.69) is 0 Å². The Morgan fingerprint density at radius 3 is 2.13 bits per heavy atom. The number of aromatic hydroxyl groups is 2. The number of carbonyl (C=O) groups excluding carboxylic acids is 2. The number of benzene rings is 2. The number of fused-ring (bicyclic) bond motifs is 2. The number of ether oxygens (including phenoxy) is 10. The molecule has 23 atom stereocenters. The van der Waals surface area contributed by atoms with Crippen molar-refractivity contribution in [3.63, 3.8) is 0 Å². The zero-order chi connectivity index (χ0) is 56.4. The van der Waals surface area contributed by atoms with Crippen molar-refractivity contribution in [2.24, 2.45) is 17.3 Å². The first kappa shape index (κ1) is 61.9. The van der Waals surface area contributed by atoms with E-state index in [4.69, 9.17) is 52.5 Å². The van der Waals surface area contributed by atoms with Crippen molar-refractivity contribution in [3.8, 4) is 17.2 Å². The number of phenolic OH excluding ortho intramolecular Hbond substituents is 2. The lowest BCUT2D eigenvalue weighted by Gasteiger charge is -2.48. The Kier molecular flexibility index (Phi) is 21.1. The molecule has 2 saturated heterocycles. The molecule has 76 heavy (non-hydrogen) atoms. The van der Waals surface area contributed by atoms with E-state index in [1.165, 1.54) is 40.0 Å². The summed E-state index contributed by atoms with van der Waals surface area (Å²) in [7, 11) is 1.19. The first-order chi connectivity index (χ1) is 35.6. The molecule has 11 N–H and O–H groups in total. The van der Waals surface area contributed by atoms with Gasteiger partial charge in [0.05, 0.1) is 85.2 Å². The fourth-order valence-corrected chi connectivity index (χ4v) is 10.8. The van der Waals surface area contributed by atoms with E-state index in [9.17, 15) is 55.9 Å². The maximum Gasteiger partial charge on any atom is 0.196 e. The number of carbonyl (C=O) groups is 2. The lowest BCUT2D eigenvalue weighted by atomic mass is 9.64. The van der Waals surface area contributed by atoms with Crippen molar-refractivity contribution in [2.75, 3.05) is 27.1 Å². The van der Waals surface area contributed by atoms with Crippen molar-refractivity contribution in [3.05, 3.63) is 28.8 Å². The van der Waals surface area contributed by atoms with Crippen LogP contribution in [0.3, 0.4) is 0 Å². The predicted molar refractivity (Wildman–Crippen MR) is 266 cm³/mol. The number of methoxy groups -OCH3 is 1. The highest BCUT2D eigenvalue weighted by atomic mass is 16.7. The number of Topliss-reactive ketones (excluding diaryl/α,β-unsaturated/α-hetero) is 2. The topological polar surface area (TPSA) is 349 Å². The molecule has 2 aliphatic heterocycles. The minimum absolute atomic E-state index is 0.112. The summed E-state index contributed by atoms with van der Waals surface area (Å²) in [5.74, 6) is -3.67. The third-order valence-corrected chi connectivity index (χ3v) is 15.7. The van der Waals surface area contributed by atoms with Crippen LogP contribution in [0.15, 0.2) is 12.1 Å². The maximum absolute atomic E-state index is 15.2. The molecule has 2 aliphatic carbocycles. The molecule has 4 aliphatic rings. The number of aliphatic hydroxyl groups excluding tert-OH is 9. The van der Waals surface area contributed by atoms with E-state index < -0.39 is 170 Å². The second-order valence-electron chi connectivity index (χ2n) is 21.6. The van der Waals surface area contributed by atoms with Crippen LogP contribution in [0.25, 0.3) is 10.8 Å². The van der Waals surface area contributed by atoms with Gasteiger partial charge in [0.15, 0.2) is 37.2 Å². The predicted octanol–water partition coefficient (Wildman–Crippen LogP) is 0.767. The molecule has 2 aromatic rings. The normalized spacial score (nSPS) is 35.4. The molecule has 0 aromatic heterocycles. The van der Waals surface area contributed by atoms with Crippen LogP contribution >= 0.6 is 0 Å². The molecule has 0 radical (unpaired) electrons. The lowest BCUT2D eigenvalue weighted by molar-refractivity contribution is -0.332. The maximum atomic E-state index is 15.2. The molecule has 2 heterocycles. The lowest BCUT2D eigenvalue weighted by Crippen LogP contribution is -2.61. The van der Waals surface area contributed by atoms with Gasteiger partial charge in [-0.3, -0.25) is 9.59 Å². The van der Waals surface area contributed by atoms with E-state index in [1.807, 2.05) is 0 Å². The van der Waals surface area contributed by atoms with Gasteiger partial charge in [0, 0.05) is 36.8 Å². The van der Waals surface area contributed by atoms with E-state index >= 15 is 4.79 Å². The fourth-order valence-electron chi connectivity index (χ4n) is 10.8. The molecule has 432 valence electrons. The monoisotopic (exact) mass is 1090 g/mol. The number of ketones is 2. The third-order valence-electron chi connectivity index (χ3n) is 15.7. The minimum atomic E-state index is -1.95. The minimum Gasteiger partial charge on any atom is -0.507 e. The van der Waals surface area contributed by atoms with Gasteiger partial charge in [-0.05, 0) is 90.3 Å². The number of phenols is 2. The van der Waals surface area contributed by atoms with Crippen LogP contribution in [0, 0.1) is 24.2 Å². The third kappa shape index (κ3) is 13.3. The summed E-state index contributed by atoms with van der Waals surface area (Å²) in [6.07, 6.45) is -22.2. The highest BCUT2D eigenvalue weighted by Gasteiger charge is 2.57. The summed E-state index contributed by atoms with van der Waals surface area (Å²) < 4.78 is 60.1. The molecule has 1 saturated carbocycles. The molecular formula is C53H82O23. The van der Waals surface area contributed by atoms with Gasteiger partial charge in [-0.2, -0.15) is 0 Å². The number of aliphatic hydroxyl groups is 9. The summed E-state index contributed by atoms with van der Waals surface area (Å²) in [4.78, 5) is 29.2. The largest absolute Gasteiger partial charge is 0.507 e. The molecule has 0 bridgehead atoms. The molecule has 0 amide bonds. The Balaban J connectivity index is 1.24. The highest BCUT2D eigenvalue weighted by Crippen LogP contribution is 2.50. The van der Waals surface area contributed by atoms with Crippen LogP contribution in [0.1, 0.15) is 103 Å². The molecule has 23 nitrogen and oxygen atoms in total. The van der Waals surface area contributed by atoms with E-state index in [1.54, 1.807) is 48.5 Å². The van der Waals surface area contributed by atoms with Gasteiger partial charge in [0.1, 0.15) is 60.0 Å². The molecular weight excluding hydrogens is 1000 g/mol. The average molecular weight is 1090 g/mol. The SMILES string of the molecule is CO[C@H](C(=O)[C@@H](O)[C@@H](C)O)C1(C)Cc2cc3cc(OCOC(C)[C@@H](O)COC(C)OC(C)[C@@H](O)CO)c(C)c(O)c3c(O)c2C(=O)[C@@H]1O[C@H]1CC(O[C@@H]2OC(C)[C@@H](O)C(O[C@@H]3CC(C)[C@H](O)C(O)C3)C2C)[C@H](O)C(C)O1. The van der Waals surface area contributed by atoms with Crippen LogP contribution in [-0.4, -0.2) is 217 Å². The fraction of sp³-hybridized carbons (Fsp3) is 0.774. The number of hydrogen-bond acceptors (Lipinski definition) is 23. The second kappa shape index (κ2) is 25.9. The van der Waals surface area contributed by atoms with Crippen LogP contribution in [0.2, 0.25) is 0 Å². The van der Waals surface area contributed by atoms with Gasteiger partial charge < -0.3 is 104 Å². The molecule has 6 rings (SSSR count). The summed E-state index contributed by atoms with van der Waals surface area (Å²) in [5, 5.41) is 118. The summed E-state index contributed by atoms with van der Waals surface area (Å²) in [6, 6.07) is 3.03. The first-order valence-electron chi connectivity index (χ1n) is 26.1. The van der Waals surface area contributed by atoms with Crippen LogP contribution in [-0.2, 0) is 53.8 Å². The number of rotatable bonds is 23. The van der Waals surface area contributed by atoms with Gasteiger partial charge in [-0.15, -0.1) is 0 Å². The Bertz CT molecular complexity index is 2250. The Morgan fingerprint density at radius 1 is 0.829 bits per heavy atom. The van der Waals surface area contributed by atoms with E-state index in [-0.39, 0.29) is 65.0 Å². The molecule has 2 aromatic carbocycles. The zero-order valence-electron chi connectivity index (χ0n) is 45.1. The Hall–Kier alpha value is -3.28. The molecule has 3 fully saturated rings. The summed E-state index contributed by atoms with van der Waals surface area (Å²) in [5.41, 5.74) is -1.62. The zero-order valence-corrected chi connectivity index (χ0v) is 45.1. The highest BCUT2D eigenvalue weighted by molar-refractivity contribution is 6.11. The quantitative estimate of drug-likeness (QED) is 0.0685. The van der Waals surface area contributed by atoms with Crippen molar-refractivity contribution >= 4 is 22.3 Å². The molecule has 11 unspecified atom stereocenters. The summed E-state index contributed by atoms with van der Waals surface area (Å²) >= 11 is 0. The summed E-state index contributed by atoms with van der Waals surface area (Å²) in [6.45, 7) is 14.5. The van der Waals surface area contributed by atoms with Crippen LogP contribution < -0.4 is 4.74 Å². The Morgan fingerprint density at radius 2 is 1.50 bits per heavy atom. The van der Waals surface area contributed by atoms with E-state index in [0.29, 0.717) is 6.42 Å². The molecule has 23 heteroatoms. The van der Waals surface area contributed by atoms with Crippen LogP contribution in [0.4, 0.5) is 0 Å². The van der Waals surface area contributed by atoms with Crippen molar-refractivity contribution < 1.29 is 113 Å². The van der Waals surface area contributed by atoms with E-state index in [0.717, 1.165) is 0 Å². The van der Waals surface area contributed by atoms with Crippen LogP contribution in [0.5, 0.6) is 17.2 Å². The van der Waals surface area contributed by atoms with Gasteiger partial charge >= 0.3 is 0 Å². The van der Waals surface area contributed by atoms with Gasteiger partial charge in [-0.25, -0.2) is 0 Å². The standard InChI is InChI=1S/C53H82O23/c1-21-12-32(15-33(56)41(21)59)74-49-23(3)52(73-28(8)45(49)63)75-37-16-38(72-27(7)44(37)62)76-51-47(65)40-31(17-53(51,10)50(67-11)48(66)43(61)24(4)55)13-30-14-36(22(2)42(60)39(30)46(40)64)70-20-69-25(5)35(58)19-68-29(9)71-26(6)34(57)18-54/h13-14,21,23-29,32-35,37-38,41,43-45,49-52,54-64H,12,15-20H2,1-11H3/t21?,23?,24-,25?,26?,27?,28?,29?,32-,33?,34+,35+,37?,38+,41+,43+,44-,45-,49?,50-,51+,52+,53?/m1/s1. The van der Waals surface area contributed by atoms with Crippen molar-refractivity contribution in [1.29, 1.82) is 0 Å². The first-order valence-corrected chi connectivity index (χ1v) is 26.1. The second-order valence-corrected chi connectivity index (χ2v) is 21.6. The van der Waals surface area contributed by atoms with Gasteiger partial charge in [0.25, 0.3) is 0 Å². The average Bonchev–Trinajstić information content (AvgIpc) is 3.36. The smallest absolute Gasteiger partial charge is 0.196 e. The number of hydrogen-bond donors (Lipinski definition) is 11. The van der Waals surface area contributed by atoms with Crippen molar-refractivity contribution in [2.45, 2.75) is 218 Å². The Labute approximate surface area is 442 Å².